The van der Waals surface area contributed by atoms with E-state index in [0.717, 1.165) is 23.0 Å². The topological polar surface area (TPSA) is 29.1 Å². The van der Waals surface area contributed by atoms with Crippen LogP contribution in [0.3, 0.4) is 0 Å². The fourth-order valence-electron chi connectivity index (χ4n) is 1.67. The fourth-order valence-corrected chi connectivity index (χ4v) is 2.16. The molecule has 1 N–H and O–H groups in total. The number of alkyl halides is 1. The third-order valence-electron chi connectivity index (χ3n) is 2.87. The predicted molar refractivity (Wildman–Crippen MR) is 65.0 cm³/mol. The highest BCUT2D eigenvalue weighted by Gasteiger charge is 2.39. The van der Waals surface area contributed by atoms with Crippen molar-refractivity contribution in [2.75, 3.05) is 5.32 Å². The number of carbonyl (C=O) groups excluding carboxylic acids is 1. The van der Waals surface area contributed by atoms with Crippen LogP contribution in [0.5, 0.6) is 0 Å². The zero-order chi connectivity index (χ0) is 10.8. The quantitative estimate of drug-likeness (QED) is 0.838. The zero-order valence-electron chi connectivity index (χ0n) is 8.66. The van der Waals surface area contributed by atoms with E-state index in [-0.39, 0.29) is 11.8 Å². The molecule has 2 nitrogen and oxygen atoms in total. The van der Waals surface area contributed by atoms with Crippen LogP contribution in [0.2, 0.25) is 0 Å². The first-order chi connectivity index (χ1) is 7.22. The zero-order valence-corrected chi connectivity index (χ0v) is 10.3. The van der Waals surface area contributed by atoms with Crippen molar-refractivity contribution in [1.29, 1.82) is 0 Å². The number of benzene rings is 1. The number of nitrogens with one attached hydrogen (secondary N) is 1. The summed E-state index contributed by atoms with van der Waals surface area (Å²) in [6.45, 7) is 2.11. The molecule has 0 spiro atoms. The third-order valence-corrected chi connectivity index (χ3v) is 3.47. The van der Waals surface area contributed by atoms with Gasteiger partial charge in [0, 0.05) is 16.9 Å². The second-order valence-corrected chi connectivity index (χ2v) is 4.66. The number of rotatable bonds is 3. The third kappa shape index (κ3) is 2.40. The molecular weight excluding hydrogens is 254 g/mol. The van der Waals surface area contributed by atoms with Crippen LogP contribution < -0.4 is 5.32 Å². The molecule has 1 aromatic carbocycles. The molecule has 0 aliphatic heterocycles. The van der Waals surface area contributed by atoms with Gasteiger partial charge in [-0.05, 0) is 24.0 Å². The van der Waals surface area contributed by atoms with Gasteiger partial charge in [0.2, 0.25) is 5.91 Å². The second kappa shape index (κ2) is 4.35. The molecule has 15 heavy (non-hydrogen) atoms. The van der Waals surface area contributed by atoms with Crippen LogP contribution in [0.15, 0.2) is 24.3 Å². The number of amides is 1. The smallest absolute Gasteiger partial charge is 0.227 e. The Hall–Kier alpha value is -0.830. The Bertz CT molecular complexity index is 378. The first-order valence-electron chi connectivity index (χ1n) is 5.17. The summed E-state index contributed by atoms with van der Waals surface area (Å²) < 4.78 is 0. The molecular formula is C12H14BrNO. The minimum atomic E-state index is 0.163. The molecule has 1 aliphatic rings. The first-order valence-corrected chi connectivity index (χ1v) is 6.29. The molecule has 1 fully saturated rings. The van der Waals surface area contributed by atoms with Gasteiger partial charge in [-0.3, -0.25) is 4.79 Å². The van der Waals surface area contributed by atoms with Gasteiger partial charge in [-0.25, -0.2) is 0 Å². The molecule has 0 saturated heterocycles. The van der Waals surface area contributed by atoms with E-state index >= 15 is 0 Å². The summed E-state index contributed by atoms with van der Waals surface area (Å²) in [7, 11) is 0. The van der Waals surface area contributed by atoms with Gasteiger partial charge in [0.05, 0.1) is 0 Å². The summed E-state index contributed by atoms with van der Waals surface area (Å²) in [5, 5.41) is 3.75. The van der Waals surface area contributed by atoms with Crippen molar-refractivity contribution in [3.8, 4) is 0 Å². The molecule has 1 saturated carbocycles. The SMILES string of the molecule is CC1CC1C(=O)Nc1ccccc1CBr. The van der Waals surface area contributed by atoms with E-state index in [9.17, 15) is 4.79 Å². The standard InChI is InChI=1S/C12H14BrNO/c1-8-6-10(8)12(15)14-11-5-3-2-4-9(11)7-13/h2-5,8,10H,6-7H2,1H3,(H,14,15). The summed E-state index contributed by atoms with van der Waals surface area (Å²) in [4.78, 5) is 11.7. The van der Waals surface area contributed by atoms with E-state index < -0.39 is 0 Å². The van der Waals surface area contributed by atoms with Gasteiger partial charge in [0.25, 0.3) is 0 Å². The minimum absolute atomic E-state index is 0.163. The lowest BCUT2D eigenvalue weighted by atomic mass is 10.2. The van der Waals surface area contributed by atoms with Crippen LogP contribution in [0, 0.1) is 11.8 Å². The van der Waals surface area contributed by atoms with Crippen molar-refractivity contribution in [1.82, 2.24) is 0 Å². The molecule has 0 radical (unpaired) electrons. The summed E-state index contributed by atoms with van der Waals surface area (Å²) in [5.41, 5.74) is 2.05. The Morgan fingerprint density at radius 2 is 2.20 bits per heavy atom. The van der Waals surface area contributed by atoms with E-state index in [1.165, 1.54) is 0 Å². The Kier molecular flexibility index (Phi) is 3.10. The number of carbonyl (C=O) groups is 1. The van der Waals surface area contributed by atoms with Gasteiger partial charge in [-0.1, -0.05) is 41.1 Å². The molecule has 1 aromatic rings. The molecule has 0 aromatic heterocycles. The van der Waals surface area contributed by atoms with Gasteiger partial charge < -0.3 is 5.32 Å². The molecule has 2 unspecified atom stereocenters. The minimum Gasteiger partial charge on any atom is -0.326 e. The summed E-state index contributed by atoms with van der Waals surface area (Å²) in [6, 6.07) is 7.88. The highest BCUT2D eigenvalue weighted by Crippen LogP contribution is 2.38. The summed E-state index contributed by atoms with van der Waals surface area (Å²) in [6.07, 6.45) is 1.03. The average Bonchev–Trinajstić information content (AvgIpc) is 2.96. The Labute approximate surface area is 98.2 Å². The molecule has 1 amide bonds. The lowest BCUT2D eigenvalue weighted by Crippen LogP contribution is -2.15. The van der Waals surface area contributed by atoms with Gasteiger partial charge in [-0.15, -0.1) is 0 Å². The van der Waals surface area contributed by atoms with E-state index in [4.69, 9.17) is 0 Å². The molecule has 2 atom stereocenters. The number of para-hydroxylation sites is 1. The van der Waals surface area contributed by atoms with Crippen molar-refractivity contribution in [2.45, 2.75) is 18.7 Å². The largest absolute Gasteiger partial charge is 0.326 e. The lowest BCUT2D eigenvalue weighted by molar-refractivity contribution is -0.117. The highest BCUT2D eigenvalue weighted by molar-refractivity contribution is 9.08. The van der Waals surface area contributed by atoms with E-state index in [1.807, 2.05) is 24.3 Å². The van der Waals surface area contributed by atoms with E-state index in [0.29, 0.717) is 5.92 Å². The van der Waals surface area contributed by atoms with Crippen molar-refractivity contribution < 1.29 is 4.79 Å². The molecule has 0 heterocycles. The highest BCUT2D eigenvalue weighted by atomic mass is 79.9. The Balaban J connectivity index is 2.06. The molecule has 1 aliphatic carbocycles. The number of hydrogen-bond donors (Lipinski definition) is 1. The van der Waals surface area contributed by atoms with E-state index in [1.54, 1.807) is 0 Å². The van der Waals surface area contributed by atoms with Gasteiger partial charge in [0.15, 0.2) is 0 Å². The fraction of sp³-hybridized carbons (Fsp3) is 0.417. The Morgan fingerprint density at radius 3 is 2.80 bits per heavy atom. The number of halogens is 1. The molecule has 3 heteroatoms. The maximum Gasteiger partial charge on any atom is 0.227 e. The van der Waals surface area contributed by atoms with Crippen LogP contribution in [0.1, 0.15) is 18.9 Å². The summed E-state index contributed by atoms with van der Waals surface area (Å²) in [5.74, 6) is 0.949. The van der Waals surface area contributed by atoms with Crippen molar-refractivity contribution in [2.24, 2.45) is 11.8 Å². The molecule has 2 rings (SSSR count). The van der Waals surface area contributed by atoms with Crippen LogP contribution in [-0.2, 0) is 10.1 Å². The Morgan fingerprint density at radius 1 is 1.53 bits per heavy atom. The van der Waals surface area contributed by atoms with Gasteiger partial charge in [0.1, 0.15) is 0 Å². The molecule has 80 valence electrons. The van der Waals surface area contributed by atoms with E-state index in [2.05, 4.69) is 28.2 Å². The van der Waals surface area contributed by atoms with Crippen molar-refractivity contribution >= 4 is 27.5 Å². The average molecular weight is 268 g/mol. The van der Waals surface area contributed by atoms with Gasteiger partial charge in [-0.2, -0.15) is 0 Å². The van der Waals surface area contributed by atoms with Gasteiger partial charge >= 0.3 is 0 Å². The second-order valence-electron chi connectivity index (χ2n) is 4.10. The predicted octanol–water partition coefficient (Wildman–Crippen LogP) is 3.18. The normalized spacial score (nSPS) is 23.6. The lowest BCUT2D eigenvalue weighted by Gasteiger charge is -2.08. The van der Waals surface area contributed by atoms with Crippen LogP contribution in [0.4, 0.5) is 5.69 Å². The first kappa shape index (κ1) is 10.7. The number of hydrogen-bond acceptors (Lipinski definition) is 1. The number of anilines is 1. The van der Waals surface area contributed by atoms with Crippen LogP contribution in [0.25, 0.3) is 0 Å². The van der Waals surface area contributed by atoms with Crippen LogP contribution in [-0.4, -0.2) is 5.91 Å². The molecule has 0 bridgehead atoms. The van der Waals surface area contributed by atoms with Crippen molar-refractivity contribution in [3.63, 3.8) is 0 Å². The summed E-state index contributed by atoms with van der Waals surface area (Å²) >= 11 is 3.41. The maximum atomic E-state index is 11.7. The van der Waals surface area contributed by atoms with Crippen LogP contribution >= 0.6 is 15.9 Å². The maximum absolute atomic E-state index is 11.7. The monoisotopic (exact) mass is 267 g/mol. The van der Waals surface area contributed by atoms with Crippen molar-refractivity contribution in [3.05, 3.63) is 29.8 Å².